The van der Waals surface area contributed by atoms with E-state index < -0.39 is 0 Å². The maximum absolute atomic E-state index is 12.5. The number of halogens is 3. The van der Waals surface area contributed by atoms with Crippen molar-refractivity contribution in [3.63, 3.8) is 0 Å². The molecule has 0 saturated carbocycles. The predicted octanol–water partition coefficient (Wildman–Crippen LogP) is 5.57. The third kappa shape index (κ3) is 3.16. The summed E-state index contributed by atoms with van der Waals surface area (Å²) < 4.78 is 1.56. The van der Waals surface area contributed by atoms with Crippen molar-refractivity contribution in [2.24, 2.45) is 0 Å². The van der Waals surface area contributed by atoms with Crippen LogP contribution in [-0.2, 0) is 6.42 Å². The maximum Gasteiger partial charge on any atom is 0.257 e. The number of carbonyl (C=O) groups excluding carboxylic acids is 1. The summed E-state index contributed by atoms with van der Waals surface area (Å²) in [5.41, 5.74) is 9.73. The van der Waals surface area contributed by atoms with Crippen LogP contribution in [-0.4, -0.2) is 5.91 Å². The number of carbonyl (C=O) groups is 1. The number of hydrogen-bond acceptors (Lipinski definition) is 2. The van der Waals surface area contributed by atoms with Crippen LogP contribution in [0.2, 0.25) is 5.02 Å². The molecular weight excluding hydrogens is 431 g/mol. The molecule has 0 fully saturated rings. The normalized spacial score (nSPS) is 10.6. The van der Waals surface area contributed by atoms with E-state index >= 15 is 0 Å². The molecule has 6 heteroatoms. The summed E-state index contributed by atoms with van der Waals surface area (Å²) in [7, 11) is 0. The summed E-state index contributed by atoms with van der Waals surface area (Å²) in [6.07, 6.45) is 0.733. The van der Waals surface area contributed by atoms with E-state index in [-0.39, 0.29) is 5.91 Å². The molecular formula is C16H15Br2ClN2O. The summed E-state index contributed by atoms with van der Waals surface area (Å²) >= 11 is 13.1. The summed E-state index contributed by atoms with van der Waals surface area (Å²) in [5, 5.41) is 3.38. The highest BCUT2D eigenvalue weighted by molar-refractivity contribution is 9.11. The second kappa shape index (κ2) is 7.02. The molecule has 0 aliphatic rings. The van der Waals surface area contributed by atoms with Gasteiger partial charge in [-0.25, -0.2) is 0 Å². The van der Waals surface area contributed by atoms with Crippen LogP contribution in [0.5, 0.6) is 0 Å². The van der Waals surface area contributed by atoms with Crippen LogP contribution in [0.3, 0.4) is 0 Å². The van der Waals surface area contributed by atoms with Crippen molar-refractivity contribution in [3.05, 3.63) is 54.9 Å². The van der Waals surface area contributed by atoms with Crippen molar-refractivity contribution in [2.75, 3.05) is 11.1 Å². The predicted molar refractivity (Wildman–Crippen MR) is 99.8 cm³/mol. The lowest BCUT2D eigenvalue weighted by molar-refractivity contribution is 0.102. The highest BCUT2D eigenvalue weighted by Crippen LogP contribution is 2.40. The minimum absolute atomic E-state index is 0.244. The first-order valence-electron chi connectivity index (χ1n) is 6.70. The molecule has 0 atom stereocenters. The van der Waals surface area contributed by atoms with Crippen molar-refractivity contribution in [1.29, 1.82) is 0 Å². The number of benzene rings is 2. The van der Waals surface area contributed by atoms with Gasteiger partial charge in [0.05, 0.1) is 16.3 Å². The van der Waals surface area contributed by atoms with Gasteiger partial charge in [-0.1, -0.05) is 30.7 Å². The lowest BCUT2D eigenvalue weighted by Gasteiger charge is -2.19. The molecule has 0 spiro atoms. The van der Waals surface area contributed by atoms with Crippen LogP contribution in [0.25, 0.3) is 0 Å². The fraction of sp³-hybridized carbons (Fsp3) is 0.188. The zero-order chi connectivity index (χ0) is 16.4. The molecule has 0 aromatic heterocycles. The van der Waals surface area contributed by atoms with Crippen LogP contribution in [0.1, 0.15) is 28.4 Å². The van der Waals surface area contributed by atoms with Gasteiger partial charge in [-0.05, 0) is 68.5 Å². The van der Waals surface area contributed by atoms with Gasteiger partial charge in [0.25, 0.3) is 5.91 Å². The van der Waals surface area contributed by atoms with Gasteiger partial charge in [0, 0.05) is 14.6 Å². The fourth-order valence-corrected chi connectivity index (χ4v) is 3.80. The summed E-state index contributed by atoms with van der Waals surface area (Å²) in [6, 6.07) is 6.96. The fourth-order valence-electron chi connectivity index (χ4n) is 2.23. The number of hydrogen-bond donors (Lipinski definition) is 2. The number of rotatable bonds is 3. The summed E-state index contributed by atoms with van der Waals surface area (Å²) in [5.74, 6) is -0.244. The third-order valence-corrected chi connectivity index (χ3v) is 5.71. The Labute approximate surface area is 151 Å². The van der Waals surface area contributed by atoms with Crippen molar-refractivity contribution < 1.29 is 4.79 Å². The van der Waals surface area contributed by atoms with Crippen LogP contribution >= 0.6 is 43.5 Å². The van der Waals surface area contributed by atoms with Crippen LogP contribution in [0.15, 0.2) is 33.2 Å². The second-order valence-electron chi connectivity index (χ2n) is 4.81. The molecule has 2 aromatic carbocycles. The molecule has 0 aliphatic carbocycles. The Bertz CT molecular complexity index is 747. The Kier molecular flexibility index (Phi) is 5.53. The number of nitrogen functional groups attached to an aromatic ring is 1. The largest absolute Gasteiger partial charge is 0.397 e. The lowest BCUT2D eigenvalue weighted by Crippen LogP contribution is -2.16. The van der Waals surface area contributed by atoms with E-state index in [4.69, 9.17) is 17.3 Å². The van der Waals surface area contributed by atoms with E-state index in [0.717, 1.165) is 32.2 Å². The Morgan fingerprint density at radius 3 is 2.50 bits per heavy atom. The van der Waals surface area contributed by atoms with Crippen molar-refractivity contribution in [3.8, 4) is 0 Å². The minimum atomic E-state index is -0.244. The van der Waals surface area contributed by atoms with Gasteiger partial charge in [-0.2, -0.15) is 0 Å². The molecule has 3 nitrogen and oxygen atoms in total. The van der Waals surface area contributed by atoms with Gasteiger partial charge < -0.3 is 11.1 Å². The highest BCUT2D eigenvalue weighted by Gasteiger charge is 2.19. The molecule has 2 aromatic rings. The van der Waals surface area contributed by atoms with Crippen LogP contribution < -0.4 is 11.1 Å². The first-order chi connectivity index (χ1) is 10.4. The molecule has 3 N–H and O–H groups in total. The number of amides is 1. The molecule has 0 unspecified atom stereocenters. The zero-order valence-electron chi connectivity index (χ0n) is 12.1. The monoisotopic (exact) mass is 444 g/mol. The lowest BCUT2D eigenvalue weighted by atomic mass is 10.0. The van der Waals surface area contributed by atoms with E-state index in [0.29, 0.717) is 16.3 Å². The SMILES string of the molecule is CCc1c(Br)c(N)c(Br)c(C)c1NC(=O)c1ccccc1Cl. The highest BCUT2D eigenvalue weighted by atomic mass is 79.9. The van der Waals surface area contributed by atoms with Gasteiger partial charge in [0.15, 0.2) is 0 Å². The van der Waals surface area contributed by atoms with Gasteiger partial charge in [0.2, 0.25) is 0 Å². The molecule has 2 rings (SSSR count). The van der Waals surface area contributed by atoms with Crippen LogP contribution in [0, 0.1) is 6.92 Å². The van der Waals surface area contributed by atoms with Crippen molar-refractivity contribution in [2.45, 2.75) is 20.3 Å². The quantitative estimate of drug-likeness (QED) is 0.606. The first-order valence-corrected chi connectivity index (χ1v) is 8.66. The molecule has 0 aliphatic heterocycles. The van der Waals surface area contributed by atoms with E-state index in [1.165, 1.54) is 0 Å². The summed E-state index contributed by atoms with van der Waals surface area (Å²) in [4.78, 5) is 12.5. The standard InChI is InChI=1S/C16H15Br2ClN2O/c1-3-9-13(18)14(20)12(17)8(2)15(9)21-16(22)10-6-4-5-7-11(10)19/h4-7H,3,20H2,1-2H3,(H,21,22). The average Bonchev–Trinajstić information content (AvgIpc) is 2.51. The molecule has 0 radical (unpaired) electrons. The van der Waals surface area contributed by atoms with E-state index in [2.05, 4.69) is 37.2 Å². The number of nitrogens with one attached hydrogen (secondary N) is 1. The molecule has 22 heavy (non-hydrogen) atoms. The molecule has 0 saturated heterocycles. The van der Waals surface area contributed by atoms with Crippen LogP contribution in [0.4, 0.5) is 11.4 Å². The van der Waals surface area contributed by atoms with E-state index in [9.17, 15) is 4.79 Å². The van der Waals surface area contributed by atoms with Gasteiger partial charge in [-0.15, -0.1) is 0 Å². The van der Waals surface area contributed by atoms with Crippen molar-refractivity contribution in [1.82, 2.24) is 0 Å². The molecule has 116 valence electrons. The Balaban J connectivity index is 2.50. The molecule has 0 heterocycles. The maximum atomic E-state index is 12.5. The Morgan fingerprint density at radius 2 is 1.91 bits per heavy atom. The van der Waals surface area contributed by atoms with Gasteiger partial charge in [0.1, 0.15) is 0 Å². The van der Waals surface area contributed by atoms with E-state index in [1.54, 1.807) is 24.3 Å². The van der Waals surface area contributed by atoms with E-state index in [1.807, 2.05) is 13.8 Å². The Morgan fingerprint density at radius 1 is 1.27 bits per heavy atom. The number of anilines is 2. The minimum Gasteiger partial charge on any atom is -0.397 e. The third-order valence-electron chi connectivity index (χ3n) is 3.45. The first kappa shape index (κ1) is 17.3. The van der Waals surface area contributed by atoms with Gasteiger partial charge >= 0.3 is 0 Å². The average molecular weight is 447 g/mol. The topological polar surface area (TPSA) is 55.1 Å². The number of nitrogens with two attached hydrogens (primary N) is 1. The van der Waals surface area contributed by atoms with Gasteiger partial charge in [-0.3, -0.25) is 4.79 Å². The van der Waals surface area contributed by atoms with Crippen molar-refractivity contribution >= 4 is 60.7 Å². The second-order valence-corrected chi connectivity index (χ2v) is 6.80. The summed E-state index contributed by atoms with van der Waals surface area (Å²) in [6.45, 7) is 3.92. The Hall–Kier alpha value is -1.04. The smallest absolute Gasteiger partial charge is 0.257 e. The zero-order valence-corrected chi connectivity index (χ0v) is 16.1. The molecule has 1 amide bonds. The molecule has 0 bridgehead atoms.